The van der Waals surface area contributed by atoms with Gasteiger partial charge in [0, 0.05) is 12.8 Å². The summed E-state index contributed by atoms with van der Waals surface area (Å²) in [6, 6.07) is 0. The maximum Gasteiger partial charge on any atom is 0.472 e. The van der Waals surface area contributed by atoms with Gasteiger partial charge < -0.3 is 18.9 Å². The van der Waals surface area contributed by atoms with Crippen molar-refractivity contribution in [2.24, 2.45) is 0 Å². The van der Waals surface area contributed by atoms with Crippen LogP contribution in [0.1, 0.15) is 233 Å². The van der Waals surface area contributed by atoms with Crippen molar-refractivity contribution in [3.8, 4) is 0 Å². The van der Waals surface area contributed by atoms with E-state index in [1.807, 2.05) is 0 Å². The zero-order valence-electron chi connectivity index (χ0n) is 37.6. The first kappa shape index (κ1) is 55.0. The number of esters is 2. The summed E-state index contributed by atoms with van der Waals surface area (Å²) < 4.78 is 34.9. The van der Waals surface area contributed by atoms with Gasteiger partial charge in [-0.2, -0.15) is 0 Å². The first-order chi connectivity index (χ1) is 27.1. The number of quaternary nitrogens is 1. The Morgan fingerprint density at radius 3 is 1.20 bits per heavy atom. The molecule has 0 heterocycles. The summed E-state index contributed by atoms with van der Waals surface area (Å²) >= 11 is 0. The second kappa shape index (κ2) is 39.5. The molecule has 0 rings (SSSR count). The number of phosphoric acid groups is 1. The summed E-state index contributed by atoms with van der Waals surface area (Å²) in [5, 5.41) is 0. The van der Waals surface area contributed by atoms with Crippen LogP contribution >= 0.6 is 7.82 Å². The molecule has 0 saturated heterocycles. The van der Waals surface area contributed by atoms with Crippen LogP contribution in [-0.2, 0) is 32.7 Å². The number of carbonyl (C=O) groups excluding carboxylic acids is 2. The standard InChI is InChI=1S/C46H92NO8P/c1-6-10-12-14-16-18-20-22-24-26-28-30-32-34-36-38-45(48)52-42-44(43-54-56(50,51)53-41-40-47(5,8-3)9-4)55-46(49)39-37-35-33-31-29-27-25-23-21-19-17-15-13-11-7-2/h44H,6-43H2,1-5H3/p+1. The van der Waals surface area contributed by atoms with Crippen LogP contribution in [0.15, 0.2) is 0 Å². The molecule has 0 fully saturated rings. The minimum atomic E-state index is -4.39. The van der Waals surface area contributed by atoms with Crippen molar-refractivity contribution < 1.29 is 42.1 Å². The average molecular weight is 819 g/mol. The van der Waals surface area contributed by atoms with Crippen LogP contribution in [0, 0.1) is 0 Å². The monoisotopic (exact) mass is 819 g/mol. The van der Waals surface area contributed by atoms with Gasteiger partial charge in [-0.3, -0.25) is 18.6 Å². The maximum absolute atomic E-state index is 12.8. The number of carbonyl (C=O) groups is 2. The molecule has 1 N–H and O–H groups in total. The molecule has 0 amide bonds. The summed E-state index contributed by atoms with van der Waals surface area (Å²) in [6.45, 7) is 10.4. The summed E-state index contributed by atoms with van der Waals surface area (Å²) in [6.07, 6.45) is 37.1. The van der Waals surface area contributed by atoms with Crippen LogP contribution in [-0.4, -0.2) is 73.9 Å². The largest absolute Gasteiger partial charge is 0.472 e. The van der Waals surface area contributed by atoms with E-state index in [9.17, 15) is 19.0 Å². The first-order valence-electron chi connectivity index (χ1n) is 23.9. The molecule has 0 aromatic heterocycles. The van der Waals surface area contributed by atoms with Crippen LogP contribution in [0.5, 0.6) is 0 Å². The third-order valence-corrected chi connectivity index (χ3v) is 12.5. The zero-order valence-corrected chi connectivity index (χ0v) is 38.5. The van der Waals surface area contributed by atoms with Crippen molar-refractivity contribution in [1.82, 2.24) is 0 Å². The van der Waals surface area contributed by atoms with Crippen molar-refractivity contribution in [3.05, 3.63) is 0 Å². The van der Waals surface area contributed by atoms with Gasteiger partial charge in [0.15, 0.2) is 6.10 Å². The summed E-state index contributed by atoms with van der Waals surface area (Å²) in [5.74, 6) is -0.776. The number of hydrogen-bond acceptors (Lipinski definition) is 7. The molecule has 10 heteroatoms. The van der Waals surface area contributed by atoms with E-state index in [-0.39, 0.29) is 25.6 Å². The summed E-state index contributed by atoms with van der Waals surface area (Å²) in [4.78, 5) is 35.6. The van der Waals surface area contributed by atoms with Crippen LogP contribution < -0.4 is 0 Å². The lowest BCUT2D eigenvalue weighted by Crippen LogP contribution is -2.45. The lowest BCUT2D eigenvalue weighted by molar-refractivity contribution is -0.906. The number of hydrogen-bond donors (Lipinski definition) is 1. The third kappa shape index (κ3) is 37.3. The molecule has 0 saturated carbocycles. The summed E-state index contributed by atoms with van der Waals surface area (Å²) in [5.41, 5.74) is 0. The average Bonchev–Trinajstić information content (AvgIpc) is 3.18. The maximum atomic E-state index is 12.8. The smallest absolute Gasteiger partial charge is 0.462 e. The predicted molar refractivity (Wildman–Crippen MR) is 234 cm³/mol. The number of unbranched alkanes of at least 4 members (excludes halogenated alkanes) is 28. The van der Waals surface area contributed by atoms with E-state index in [0.29, 0.717) is 17.4 Å². The van der Waals surface area contributed by atoms with Crippen molar-refractivity contribution in [3.63, 3.8) is 0 Å². The zero-order chi connectivity index (χ0) is 41.4. The highest BCUT2D eigenvalue weighted by atomic mass is 31.2. The molecule has 0 aromatic carbocycles. The van der Waals surface area contributed by atoms with E-state index in [4.69, 9.17) is 18.5 Å². The molecule has 9 nitrogen and oxygen atoms in total. The highest BCUT2D eigenvalue weighted by molar-refractivity contribution is 7.47. The van der Waals surface area contributed by atoms with E-state index < -0.39 is 26.5 Å². The van der Waals surface area contributed by atoms with Gasteiger partial charge in [-0.1, -0.05) is 194 Å². The number of ether oxygens (including phenoxy) is 2. The molecule has 0 aliphatic heterocycles. The molecular formula is C46H93NO8P+. The van der Waals surface area contributed by atoms with E-state index in [1.165, 1.54) is 154 Å². The topological polar surface area (TPSA) is 108 Å². The minimum Gasteiger partial charge on any atom is -0.462 e. The Morgan fingerprint density at radius 2 is 0.839 bits per heavy atom. The van der Waals surface area contributed by atoms with Crippen molar-refractivity contribution in [2.45, 2.75) is 239 Å². The Morgan fingerprint density at radius 1 is 0.500 bits per heavy atom. The lowest BCUT2D eigenvalue weighted by Gasteiger charge is -2.32. The summed E-state index contributed by atoms with van der Waals surface area (Å²) in [7, 11) is -2.32. The highest BCUT2D eigenvalue weighted by Crippen LogP contribution is 2.43. The fourth-order valence-electron chi connectivity index (χ4n) is 7.03. The molecule has 0 bridgehead atoms. The Balaban J connectivity index is 4.41. The number of likely N-dealkylation sites (N-methyl/N-ethyl adjacent to an activating group) is 1. The first-order valence-corrected chi connectivity index (χ1v) is 25.4. The fraction of sp³-hybridized carbons (Fsp3) is 0.957. The van der Waals surface area contributed by atoms with Gasteiger partial charge in [0.25, 0.3) is 0 Å². The molecule has 0 radical (unpaired) electrons. The molecule has 2 atom stereocenters. The second-order valence-electron chi connectivity index (χ2n) is 16.8. The van der Waals surface area contributed by atoms with Gasteiger partial charge in [0.1, 0.15) is 19.8 Å². The molecule has 0 aliphatic carbocycles. The Hall–Kier alpha value is -0.990. The Kier molecular flexibility index (Phi) is 38.8. The molecule has 2 unspecified atom stereocenters. The predicted octanol–water partition coefficient (Wildman–Crippen LogP) is 13.6. The molecule has 56 heavy (non-hydrogen) atoms. The molecule has 334 valence electrons. The van der Waals surface area contributed by atoms with Crippen LogP contribution in [0.2, 0.25) is 0 Å². The van der Waals surface area contributed by atoms with E-state index in [0.717, 1.165) is 51.6 Å². The normalized spacial score (nSPS) is 13.5. The van der Waals surface area contributed by atoms with Gasteiger partial charge in [0.2, 0.25) is 0 Å². The van der Waals surface area contributed by atoms with Crippen LogP contribution in [0.3, 0.4) is 0 Å². The number of rotatable bonds is 44. The molecular weight excluding hydrogens is 725 g/mol. The quantitative estimate of drug-likeness (QED) is 0.0280. The Labute approximate surface area is 346 Å². The van der Waals surface area contributed by atoms with Gasteiger partial charge >= 0.3 is 19.8 Å². The highest BCUT2D eigenvalue weighted by Gasteiger charge is 2.27. The number of nitrogens with zero attached hydrogens (tertiary/aromatic N) is 1. The third-order valence-electron chi connectivity index (χ3n) is 11.5. The van der Waals surface area contributed by atoms with E-state index >= 15 is 0 Å². The van der Waals surface area contributed by atoms with Gasteiger partial charge in [-0.05, 0) is 26.7 Å². The van der Waals surface area contributed by atoms with Crippen molar-refractivity contribution in [1.29, 1.82) is 0 Å². The molecule has 0 spiro atoms. The Bertz CT molecular complexity index is 931. The van der Waals surface area contributed by atoms with Gasteiger partial charge in [-0.15, -0.1) is 0 Å². The van der Waals surface area contributed by atoms with Crippen molar-refractivity contribution in [2.75, 3.05) is 46.5 Å². The van der Waals surface area contributed by atoms with Gasteiger partial charge in [0.05, 0.1) is 26.7 Å². The minimum absolute atomic E-state index is 0.0594. The lowest BCUT2D eigenvalue weighted by atomic mass is 10.0. The number of phosphoric ester groups is 1. The fourth-order valence-corrected chi connectivity index (χ4v) is 7.77. The SMILES string of the molecule is CCCCCCCCCCCCCCCCCC(=O)OCC(COP(=O)(O)OCC[N+](C)(CC)CC)OC(=O)CCCCCCCCCCCCCCCCC. The van der Waals surface area contributed by atoms with Crippen LogP contribution in [0.4, 0.5) is 0 Å². The second-order valence-corrected chi connectivity index (χ2v) is 18.2. The van der Waals surface area contributed by atoms with Crippen molar-refractivity contribution >= 4 is 19.8 Å². The molecule has 0 aromatic rings. The van der Waals surface area contributed by atoms with Crippen LogP contribution in [0.25, 0.3) is 0 Å². The van der Waals surface area contributed by atoms with E-state index in [2.05, 4.69) is 34.7 Å². The van der Waals surface area contributed by atoms with Gasteiger partial charge in [-0.25, -0.2) is 4.57 Å². The van der Waals surface area contributed by atoms with E-state index in [1.54, 1.807) is 0 Å². The molecule has 0 aliphatic rings.